The molecule has 0 bridgehead atoms. The number of methoxy groups -OCH3 is 1. The summed E-state index contributed by atoms with van der Waals surface area (Å²) in [6, 6.07) is 3.86. The number of rotatable bonds is 7. The molecule has 0 atom stereocenters. The van der Waals surface area contributed by atoms with E-state index in [-0.39, 0.29) is 24.5 Å². The van der Waals surface area contributed by atoms with E-state index < -0.39 is 11.9 Å². The van der Waals surface area contributed by atoms with Gasteiger partial charge in [-0.25, -0.2) is 0 Å². The zero-order valence-corrected chi connectivity index (χ0v) is 21.1. The van der Waals surface area contributed by atoms with E-state index in [4.69, 9.17) is 9.47 Å². The number of carbonyl (C=O) groups excluding carboxylic acids is 2. The second-order valence-electron chi connectivity index (χ2n) is 8.47. The van der Waals surface area contributed by atoms with Crippen molar-refractivity contribution in [2.24, 2.45) is 0 Å². The number of benzene rings is 1. The number of ketones is 2. The first-order valence-corrected chi connectivity index (χ1v) is 12.5. The molecule has 0 unspecified atom stereocenters. The molecule has 33 heavy (non-hydrogen) atoms. The van der Waals surface area contributed by atoms with Crippen LogP contribution in [0, 0.1) is 3.57 Å². The number of halogens is 1. The lowest BCUT2D eigenvalue weighted by Crippen LogP contribution is -2.40. The summed E-state index contributed by atoms with van der Waals surface area (Å²) < 4.78 is 12.2. The van der Waals surface area contributed by atoms with Crippen molar-refractivity contribution in [3.05, 3.63) is 43.8 Å². The summed E-state index contributed by atoms with van der Waals surface area (Å²) >= 11 is 2.20. The molecule has 176 valence electrons. The summed E-state index contributed by atoms with van der Waals surface area (Å²) in [6.45, 7) is 2.63. The molecule has 1 aromatic rings. The Morgan fingerprint density at radius 2 is 1.70 bits per heavy atom. The Hall–Kier alpha value is -2.36. The Morgan fingerprint density at radius 1 is 1.09 bits per heavy atom. The second-order valence-corrected chi connectivity index (χ2v) is 9.63. The summed E-state index contributed by atoms with van der Waals surface area (Å²) in [5.41, 5.74) is 3.89. The quantitative estimate of drug-likeness (QED) is 0.484. The van der Waals surface area contributed by atoms with Gasteiger partial charge < -0.3 is 19.5 Å². The third-order valence-corrected chi connectivity index (χ3v) is 7.31. The largest absolute Gasteiger partial charge is 0.492 e. The molecule has 0 amide bonds. The lowest BCUT2D eigenvalue weighted by Gasteiger charge is -2.44. The Balaban J connectivity index is 1.94. The minimum atomic E-state index is -0.892. The van der Waals surface area contributed by atoms with Crippen molar-refractivity contribution in [2.75, 3.05) is 20.3 Å². The van der Waals surface area contributed by atoms with Gasteiger partial charge in [0.15, 0.2) is 23.1 Å². The maximum atomic E-state index is 13.3. The highest BCUT2D eigenvalue weighted by Crippen LogP contribution is 2.50. The molecule has 1 N–H and O–H groups in total. The average Bonchev–Trinajstić information content (AvgIpc) is 2.77. The van der Waals surface area contributed by atoms with Gasteiger partial charge in [-0.3, -0.25) is 14.4 Å². The summed E-state index contributed by atoms with van der Waals surface area (Å²) in [6.07, 6.45) is 3.69. The number of allylic oxidation sites excluding steroid dienone is 4. The van der Waals surface area contributed by atoms with E-state index in [0.717, 1.165) is 33.4 Å². The molecule has 0 aromatic heterocycles. The highest BCUT2D eigenvalue weighted by Gasteiger charge is 2.43. The van der Waals surface area contributed by atoms with Crippen LogP contribution in [0.15, 0.2) is 34.7 Å². The molecule has 0 radical (unpaired) electrons. The van der Waals surface area contributed by atoms with Gasteiger partial charge >= 0.3 is 5.97 Å². The van der Waals surface area contributed by atoms with Crippen molar-refractivity contribution in [1.29, 1.82) is 0 Å². The van der Waals surface area contributed by atoms with E-state index >= 15 is 0 Å². The topological polar surface area (TPSA) is 93.1 Å². The predicted octanol–water partition coefficient (Wildman–Crippen LogP) is 4.59. The molecule has 1 heterocycles. The van der Waals surface area contributed by atoms with Crippen molar-refractivity contribution >= 4 is 40.1 Å². The normalized spacial score (nSPS) is 18.9. The zero-order valence-electron chi connectivity index (χ0n) is 18.9. The van der Waals surface area contributed by atoms with Crippen LogP contribution in [-0.4, -0.2) is 47.8 Å². The van der Waals surface area contributed by atoms with Crippen LogP contribution in [0.5, 0.6) is 11.5 Å². The first kappa shape index (κ1) is 23.8. The van der Waals surface area contributed by atoms with Gasteiger partial charge in [0, 0.05) is 47.8 Å². The molecule has 4 rings (SSSR count). The van der Waals surface area contributed by atoms with Gasteiger partial charge in [0.2, 0.25) is 0 Å². The fourth-order valence-electron chi connectivity index (χ4n) is 5.24. The number of carbonyl (C=O) groups is 3. The summed E-state index contributed by atoms with van der Waals surface area (Å²) in [7, 11) is 1.59. The van der Waals surface area contributed by atoms with E-state index in [1.807, 2.05) is 24.0 Å². The maximum Gasteiger partial charge on any atom is 0.305 e. The summed E-state index contributed by atoms with van der Waals surface area (Å²) in [5.74, 6) is -0.0582. The molecule has 1 aromatic carbocycles. The number of Topliss-reactive ketones (excluding diaryl/α,β-unsaturated/α-hetero) is 2. The number of hydrogen-bond donors (Lipinski definition) is 1. The second kappa shape index (κ2) is 9.87. The predicted molar refractivity (Wildman–Crippen MR) is 130 cm³/mol. The zero-order chi connectivity index (χ0) is 23.7. The smallest absolute Gasteiger partial charge is 0.305 e. The van der Waals surface area contributed by atoms with Crippen LogP contribution in [0.2, 0.25) is 0 Å². The van der Waals surface area contributed by atoms with Gasteiger partial charge in [0.05, 0.1) is 23.7 Å². The van der Waals surface area contributed by atoms with E-state index in [9.17, 15) is 19.5 Å². The molecular formula is C25H28INO6. The summed E-state index contributed by atoms with van der Waals surface area (Å²) in [5, 5.41) is 9.31. The number of hydrogen-bond acceptors (Lipinski definition) is 6. The lowest BCUT2D eigenvalue weighted by atomic mass is 9.71. The Kier molecular flexibility index (Phi) is 7.11. The van der Waals surface area contributed by atoms with Gasteiger partial charge in [-0.1, -0.05) is 0 Å². The first-order valence-electron chi connectivity index (χ1n) is 11.4. The maximum absolute atomic E-state index is 13.3. The molecule has 0 spiro atoms. The van der Waals surface area contributed by atoms with Crippen LogP contribution in [0.25, 0.3) is 0 Å². The van der Waals surface area contributed by atoms with Gasteiger partial charge in [-0.2, -0.15) is 0 Å². The standard InChI is InChI=1S/C25H28INO6/c1-3-33-20-13-14(12-15(26)25(20)32-2)22-23-16(6-4-8-18(23)28)27(11-10-21(30)31)17-7-5-9-19(29)24(17)22/h12-13,22H,3-11H2,1-2H3,(H,30,31). The van der Waals surface area contributed by atoms with Crippen molar-refractivity contribution in [2.45, 2.75) is 57.8 Å². The van der Waals surface area contributed by atoms with E-state index in [1.54, 1.807) is 7.11 Å². The SMILES string of the molecule is CCOc1cc(C2C3=C(CCCC3=O)N(CCC(=O)O)C3=C2C(=O)CCC3)cc(I)c1OC. The lowest BCUT2D eigenvalue weighted by molar-refractivity contribution is -0.137. The number of nitrogens with zero attached hydrogens (tertiary/aromatic N) is 1. The Bertz CT molecular complexity index is 1030. The monoisotopic (exact) mass is 565 g/mol. The van der Waals surface area contributed by atoms with Crippen molar-refractivity contribution in [1.82, 2.24) is 4.90 Å². The van der Waals surface area contributed by atoms with Gasteiger partial charge in [0.1, 0.15) is 0 Å². The van der Waals surface area contributed by atoms with Crippen LogP contribution in [0.1, 0.15) is 63.4 Å². The number of ether oxygens (including phenoxy) is 2. The molecule has 3 aliphatic rings. The van der Waals surface area contributed by atoms with Crippen molar-refractivity contribution in [3.8, 4) is 11.5 Å². The number of carboxylic acids is 1. The van der Waals surface area contributed by atoms with Crippen LogP contribution >= 0.6 is 22.6 Å². The molecule has 0 saturated carbocycles. The number of aliphatic carboxylic acids is 1. The minimum Gasteiger partial charge on any atom is -0.492 e. The third kappa shape index (κ3) is 4.41. The third-order valence-electron chi connectivity index (χ3n) is 6.50. The highest BCUT2D eigenvalue weighted by molar-refractivity contribution is 14.1. The molecular weight excluding hydrogens is 537 g/mol. The van der Waals surface area contributed by atoms with E-state index in [0.29, 0.717) is 54.9 Å². The first-order chi connectivity index (χ1) is 15.9. The van der Waals surface area contributed by atoms with Crippen LogP contribution in [0.3, 0.4) is 0 Å². The van der Waals surface area contributed by atoms with Gasteiger partial charge in [-0.15, -0.1) is 0 Å². The highest BCUT2D eigenvalue weighted by atomic mass is 127. The number of carboxylic acid groups (broad SMARTS) is 1. The van der Waals surface area contributed by atoms with Crippen molar-refractivity contribution in [3.63, 3.8) is 0 Å². The fraction of sp³-hybridized carbons (Fsp3) is 0.480. The van der Waals surface area contributed by atoms with Crippen LogP contribution in [0.4, 0.5) is 0 Å². The van der Waals surface area contributed by atoms with Crippen molar-refractivity contribution < 1.29 is 29.0 Å². The molecule has 0 saturated heterocycles. The molecule has 0 fully saturated rings. The molecule has 7 nitrogen and oxygen atoms in total. The molecule has 8 heteroatoms. The van der Waals surface area contributed by atoms with Crippen LogP contribution in [-0.2, 0) is 14.4 Å². The summed E-state index contributed by atoms with van der Waals surface area (Å²) in [4.78, 5) is 39.9. The molecule has 1 aliphatic heterocycles. The van der Waals surface area contributed by atoms with Gasteiger partial charge in [-0.05, 0) is 72.9 Å². The van der Waals surface area contributed by atoms with Crippen LogP contribution < -0.4 is 9.47 Å². The van der Waals surface area contributed by atoms with Gasteiger partial charge in [0.25, 0.3) is 0 Å². The van der Waals surface area contributed by atoms with E-state index in [1.165, 1.54) is 0 Å². The van der Waals surface area contributed by atoms with E-state index in [2.05, 4.69) is 22.6 Å². The fourth-order valence-corrected chi connectivity index (χ4v) is 6.09. The molecule has 2 aliphatic carbocycles. The minimum absolute atomic E-state index is 0.0373. The average molecular weight is 565 g/mol. The Morgan fingerprint density at radius 3 is 2.21 bits per heavy atom. The Labute approximate surface area is 206 Å².